The van der Waals surface area contributed by atoms with Gasteiger partial charge in [0.25, 0.3) is 5.91 Å². The Balaban J connectivity index is 1.72. The van der Waals surface area contributed by atoms with Gasteiger partial charge in [0, 0.05) is 12.3 Å². The minimum atomic E-state index is -0.514. The van der Waals surface area contributed by atoms with E-state index in [9.17, 15) is 4.79 Å². The van der Waals surface area contributed by atoms with Gasteiger partial charge in [-0.3, -0.25) is 4.79 Å². The molecule has 2 rings (SSSR count). The highest BCUT2D eigenvalue weighted by atomic mass is 32.2. The fourth-order valence-electron chi connectivity index (χ4n) is 2.27. The van der Waals surface area contributed by atoms with Crippen molar-refractivity contribution in [2.75, 3.05) is 12.3 Å². The number of carbonyl (C=O) groups is 1. The molecule has 5 heteroatoms. The van der Waals surface area contributed by atoms with Crippen molar-refractivity contribution in [3.8, 4) is 5.75 Å². The quantitative estimate of drug-likeness (QED) is 0.690. The fourth-order valence-corrected chi connectivity index (χ4v) is 3.02. The van der Waals surface area contributed by atoms with E-state index in [1.54, 1.807) is 24.9 Å². The van der Waals surface area contributed by atoms with Crippen LogP contribution < -0.4 is 10.1 Å². The van der Waals surface area contributed by atoms with Crippen LogP contribution in [0.2, 0.25) is 0 Å². The van der Waals surface area contributed by atoms with Crippen LogP contribution in [0.25, 0.3) is 0 Å². The number of para-hydroxylation sites is 1. The van der Waals surface area contributed by atoms with Crippen LogP contribution in [-0.2, 0) is 10.5 Å². The molecule has 130 valence electrons. The molecule has 2 aromatic rings. The summed E-state index contributed by atoms with van der Waals surface area (Å²) in [5.74, 6) is 3.65. The van der Waals surface area contributed by atoms with Gasteiger partial charge in [-0.05, 0) is 36.6 Å². The van der Waals surface area contributed by atoms with E-state index in [1.807, 2.05) is 36.4 Å². The summed E-state index contributed by atoms with van der Waals surface area (Å²) in [7, 11) is 0. The van der Waals surface area contributed by atoms with Crippen molar-refractivity contribution in [1.82, 2.24) is 5.32 Å². The number of carbonyl (C=O) groups excluding carboxylic acids is 1. The maximum absolute atomic E-state index is 12.2. The van der Waals surface area contributed by atoms with Gasteiger partial charge in [-0.25, -0.2) is 0 Å². The van der Waals surface area contributed by atoms with Crippen LogP contribution in [0.5, 0.6) is 5.75 Å². The number of hydrogen-bond acceptors (Lipinski definition) is 4. The summed E-state index contributed by atoms with van der Waals surface area (Å²) in [6, 6.07) is 11.7. The normalized spacial score (nSPS) is 12.2. The lowest BCUT2D eigenvalue weighted by atomic mass is 10.0. The lowest BCUT2D eigenvalue weighted by Gasteiger charge is -2.18. The Morgan fingerprint density at radius 2 is 2.00 bits per heavy atom. The second kappa shape index (κ2) is 9.42. The predicted molar refractivity (Wildman–Crippen MR) is 98.5 cm³/mol. The summed E-state index contributed by atoms with van der Waals surface area (Å²) in [6.45, 7) is 6.62. The molecule has 0 bridgehead atoms. The number of benzene rings is 1. The molecule has 1 heterocycles. The summed E-state index contributed by atoms with van der Waals surface area (Å²) in [6.07, 6.45) is 1.16. The van der Waals surface area contributed by atoms with E-state index in [0.29, 0.717) is 12.5 Å². The molecule has 24 heavy (non-hydrogen) atoms. The third-order valence-electron chi connectivity index (χ3n) is 3.58. The number of rotatable bonds is 9. The van der Waals surface area contributed by atoms with Gasteiger partial charge in [-0.1, -0.05) is 32.0 Å². The van der Waals surface area contributed by atoms with E-state index in [4.69, 9.17) is 9.15 Å². The third-order valence-corrected chi connectivity index (χ3v) is 4.57. The number of furan rings is 1. The van der Waals surface area contributed by atoms with Crippen molar-refractivity contribution < 1.29 is 13.9 Å². The molecule has 1 unspecified atom stereocenters. The Bertz CT molecular complexity index is 625. The van der Waals surface area contributed by atoms with Gasteiger partial charge in [0.15, 0.2) is 6.10 Å². The minimum Gasteiger partial charge on any atom is -0.481 e. The number of amides is 1. The molecule has 0 aliphatic carbocycles. The van der Waals surface area contributed by atoms with Gasteiger partial charge in [-0.2, -0.15) is 11.8 Å². The molecule has 1 N–H and O–H groups in total. The lowest BCUT2D eigenvalue weighted by molar-refractivity contribution is -0.127. The molecule has 0 saturated carbocycles. The van der Waals surface area contributed by atoms with Gasteiger partial charge in [0.1, 0.15) is 11.5 Å². The maximum atomic E-state index is 12.2. The minimum absolute atomic E-state index is 0.0906. The van der Waals surface area contributed by atoms with Crippen LogP contribution in [0.4, 0.5) is 0 Å². The molecule has 0 fully saturated rings. The molecule has 1 atom stereocenters. The summed E-state index contributed by atoms with van der Waals surface area (Å²) < 4.78 is 11.1. The van der Waals surface area contributed by atoms with Crippen LogP contribution in [0.15, 0.2) is 47.1 Å². The van der Waals surface area contributed by atoms with E-state index < -0.39 is 6.10 Å². The largest absolute Gasteiger partial charge is 0.481 e. The van der Waals surface area contributed by atoms with Crippen LogP contribution in [0.3, 0.4) is 0 Å². The van der Waals surface area contributed by atoms with Crippen molar-refractivity contribution in [3.05, 3.63) is 54.0 Å². The van der Waals surface area contributed by atoms with Crippen LogP contribution in [0, 0.1) is 0 Å². The number of hydrogen-bond donors (Lipinski definition) is 1. The van der Waals surface area contributed by atoms with E-state index in [1.165, 1.54) is 0 Å². The topological polar surface area (TPSA) is 51.5 Å². The monoisotopic (exact) mass is 347 g/mol. The SMILES string of the molecule is CC(Oc1ccccc1C(C)C)C(=O)NCCSCc1ccco1. The Morgan fingerprint density at radius 3 is 2.71 bits per heavy atom. The van der Waals surface area contributed by atoms with Crippen molar-refractivity contribution in [1.29, 1.82) is 0 Å². The predicted octanol–water partition coefficient (Wildman–Crippen LogP) is 4.22. The molecule has 0 radical (unpaired) electrons. The standard InChI is InChI=1S/C19H25NO3S/c1-14(2)17-8-4-5-9-18(17)23-15(3)19(21)20-10-12-24-13-16-7-6-11-22-16/h4-9,11,14-15H,10,12-13H2,1-3H3,(H,20,21). The first-order chi connectivity index (χ1) is 11.6. The molecule has 0 aliphatic rings. The van der Waals surface area contributed by atoms with Crippen LogP contribution in [-0.4, -0.2) is 24.3 Å². The van der Waals surface area contributed by atoms with Crippen molar-refractivity contribution in [2.45, 2.75) is 38.5 Å². The second-order valence-corrected chi connectivity index (χ2v) is 6.98. The molecular formula is C19H25NO3S. The average Bonchev–Trinajstić information content (AvgIpc) is 3.08. The molecular weight excluding hydrogens is 322 g/mol. The molecule has 0 aliphatic heterocycles. The maximum Gasteiger partial charge on any atom is 0.260 e. The zero-order valence-electron chi connectivity index (χ0n) is 14.5. The molecule has 0 spiro atoms. The zero-order valence-corrected chi connectivity index (χ0v) is 15.3. The Morgan fingerprint density at radius 1 is 1.21 bits per heavy atom. The summed E-state index contributed by atoms with van der Waals surface area (Å²) in [5.41, 5.74) is 1.12. The van der Waals surface area contributed by atoms with Crippen molar-refractivity contribution in [3.63, 3.8) is 0 Å². The Hall–Kier alpha value is -1.88. The lowest BCUT2D eigenvalue weighted by Crippen LogP contribution is -2.37. The summed E-state index contributed by atoms with van der Waals surface area (Å²) in [4.78, 5) is 12.2. The Labute approximate surface area is 148 Å². The summed E-state index contributed by atoms with van der Waals surface area (Å²) in [5, 5.41) is 2.92. The van der Waals surface area contributed by atoms with Crippen molar-refractivity contribution >= 4 is 17.7 Å². The number of thioether (sulfide) groups is 1. The van der Waals surface area contributed by atoms with Crippen molar-refractivity contribution in [2.24, 2.45) is 0 Å². The first-order valence-electron chi connectivity index (χ1n) is 8.21. The first kappa shape index (κ1) is 18.5. The van der Waals surface area contributed by atoms with E-state index in [-0.39, 0.29) is 5.91 Å². The Kier molecular flexibility index (Phi) is 7.25. The second-order valence-electron chi connectivity index (χ2n) is 5.88. The molecule has 4 nitrogen and oxygen atoms in total. The number of ether oxygens (including phenoxy) is 1. The van der Waals surface area contributed by atoms with E-state index in [2.05, 4.69) is 19.2 Å². The number of nitrogens with one attached hydrogen (secondary N) is 1. The molecule has 1 amide bonds. The summed E-state index contributed by atoms with van der Waals surface area (Å²) >= 11 is 1.73. The molecule has 1 aromatic heterocycles. The van der Waals surface area contributed by atoms with Gasteiger partial charge in [-0.15, -0.1) is 0 Å². The van der Waals surface area contributed by atoms with E-state index >= 15 is 0 Å². The van der Waals surface area contributed by atoms with Gasteiger partial charge in [0.05, 0.1) is 12.0 Å². The van der Waals surface area contributed by atoms with Gasteiger partial charge < -0.3 is 14.5 Å². The first-order valence-corrected chi connectivity index (χ1v) is 9.37. The van der Waals surface area contributed by atoms with E-state index in [0.717, 1.165) is 28.6 Å². The van der Waals surface area contributed by atoms with Gasteiger partial charge >= 0.3 is 0 Å². The molecule has 1 aromatic carbocycles. The van der Waals surface area contributed by atoms with Gasteiger partial charge in [0.2, 0.25) is 0 Å². The fraction of sp³-hybridized carbons (Fsp3) is 0.421. The third kappa shape index (κ3) is 5.64. The molecule has 0 saturated heterocycles. The van der Waals surface area contributed by atoms with Crippen LogP contribution >= 0.6 is 11.8 Å². The average molecular weight is 347 g/mol. The highest BCUT2D eigenvalue weighted by Gasteiger charge is 2.16. The smallest absolute Gasteiger partial charge is 0.260 e. The highest BCUT2D eigenvalue weighted by Crippen LogP contribution is 2.26. The zero-order chi connectivity index (χ0) is 17.4. The highest BCUT2D eigenvalue weighted by molar-refractivity contribution is 7.98. The van der Waals surface area contributed by atoms with Crippen LogP contribution in [0.1, 0.15) is 38.0 Å².